The molecule has 9 heteroatoms. The van der Waals surface area contributed by atoms with Gasteiger partial charge >= 0.3 is 0 Å². The summed E-state index contributed by atoms with van der Waals surface area (Å²) in [6.45, 7) is 4.25. The van der Waals surface area contributed by atoms with Gasteiger partial charge in [0.2, 0.25) is 11.8 Å². The SMILES string of the molecule is CC(C)N1C(=O)CC(NC(=O)C2(S(C)(=O)=O)CCNCC2)C1=O. The molecule has 8 nitrogen and oxygen atoms in total. The lowest BCUT2D eigenvalue weighted by Gasteiger charge is -2.35. The number of nitrogens with one attached hydrogen (secondary N) is 2. The molecule has 0 bridgehead atoms. The van der Waals surface area contributed by atoms with E-state index in [1.54, 1.807) is 13.8 Å². The van der Waals surface area contributed by atoms with E-state index >= 15 is 0 Å². The molecule has 0 radical (unpaired) electrons. The summed E-state index contributed by atoms with van der Waals surface area (Å²) in [7, 11) is -3.65. The van der Waals surface area contributed by atoms with Crippen LogP contribution in [0.4, 0.5) is 0 Å². The van der Waals surface area contributed by atoms with E-state index in [-0.39, 0.29) is 31.2 Å². The maximum atomic E-state index is 12.7. The van der Waals surface area contributed by atoms with Crippen molar-refractivity contribution in [1.82, 2.24) is 15.5 Å². The molecular formula is C14H23N3O5S. The van der Waals surface area contributed by atoms with Crippen LogP contribution < -0.4 is 10.6 Å². The number of hydrogen-bond acceptors (Lipinski definition) is 6. The van der Waals surface area contributed by atoms with E-state index in [1.807, 2.05) is 0 Å². The normalized spacial score (nSPS) is 25.0. The molecule has 2 saturated heterocycles. The maximum Gasteiger partial charge on any atom is 0.252 e. The van der Waals surface area contributed by atoms with E-state index < -0.39 is 32.4 Å². The monoisotopic (exact) mass is 345 g/mol. The minimum absolute atomic E-state index is 0.124. The van der Waals surface area contributed by atoms with Gasteiger partial charge < -0.3 is 10.6 Å². The third-order valence-electron chi connectivity index (χ3n) is 4.54. The summed E-state index contributed by atoms with van der Waals surface area (Å²) in [4.78, 5) is 37.9. The first-order chi connectivity index (χ1) is 10.6. The number of nitrogens with zero attached hydrogens (tertiary/aromatic N) is 1. The third-order valence-corrected chi connectivity index (χ3v) is 6.55. The molecule has 2 N–H and O–H groups in total. The minimum Gasteiger partial charge on any atom is -0.342 e. The van der Waals surface area contributed by atoms with Crippen molar-refractivity contribution in [1.29, 1.82) is 0 Å². The molecular weight excluding hydrogens is 322 g/mol. The quantitative estimate of drug-likeness (QED) is 0.619. The molecule has 3 amide bonds. The average molecular weight is 345 g/mol. The van der Waals surface area contributed by atoms with Gasteiger partial charge in [0.25, 0.3) is 5.91 Å². The third kappa shape index (κ3) is 3.12. The summed E-state index contributed by atoms with van der Waals surface area (Å²) in [5.41, 5.74) is 0. The predicted octanol–water partition coefficient (Wildman–Crippen LogP) is -1.19. The molecule has 1 unspecified atom stereocenters. The molecule has 0 spiro atoms. The fraction of sp³-hybridized carbons (Fsp3) is 0.786. The Labute approximate surface area is 135 Å². The Bertz CT molecular complexity index is 622. The van der Waals surface area contributed by atoms with Crippen molar-refractivity contribution in [3.05, 3.63) is 0 Å². The summed E-state index contributed by atoms with van der Waals surface area (Å²) >= 11 is 0. The first-order valence-electron chi connectivity index (χ1n) is 7.67. The van der Waals surface area contributed by atoms with Crippen molar-refractivity contribution in [2.24, 2.45) is 0 Å². The Morgan fingerprint density at radius 1 is 1.30 bits per heavy atom. The van der Waals surface area contributed by atoms with Crippen LogP contribution in [0.3, 0.4) is 0 Å². The van der Waals surface area contributed by atoms with Crippen molar-refractivity contribution in [2.45, 2.75) is 49.9 Å². The van der Waals surface area contributed by atoms with Gasteiger partial charge in [0, 0.05) is 12.3 Å². The lowest BCUT2D eigenvalue weighted by molar-refractivity contribution is -0.141. The highest BCUT2D eigenvalue weighted by molar-refractivity contribution is 7.92. The van der Waals surface area contributed by atoms with Gasteiger partial charge in [-0.1, -0.05) is 0 Å². The zero-order valence-corrected chi connectivity index (χ0v) is 14.4. The molecule has 2 heterocycles. The van der Waals surface area contributed by atoms with Gasteiger partial charge in [-0.05, 0) is 39.8 Å². The highest BCUT2D eigenvalue weighted by atomic mass is 32.2. The van der Waals surface area contributed by atoms with Crippen LogP contribution in [-0.4, -0.2) is 67.2 Å². The Balaban J connectivity index is 2.21. The molecule has 0 aliphatic carbocycles. The number of piperidine rings is 1. The van der Waals surface area contributed by atoms with E-state index in [0.717, 1.165) is 11.2 Å². The largest absolute Gasteiger partial charge is 0.342 e. The van der Waals surface area contributed by atoms with Crippen LogP contribution >= 0.6 is 0 Å². The van der Waals surface area contributed by atoms with Gasteiger partial charge in [0.05, 0.1) is 6.42 Å². The lowest BCUT2D eigenvalue weighted by atomic mass is 9.95. The number of likely N-dealkylation sites (tertiary alicyclic amines) is 1. The second-order valence-corrected chi connectivity index (χ2v) is 8.77. The van der Waals surface area contributed by atoms with Crippen LogP contribution in [-0.2, 0) is 24.2 Å². The van der Waals surface area contributed by atoms with Crippen LogP contribution in [0.2, 0.25) is 0 Å². The van der Waals surface area contributed by atoms with Crippen LogP contribution in [0.25, 0.3) is 0 Å². The number of amides is 3. The number of hydrogen-bond donors (Lipinski definition) is 2. The molecule has 2 fully saturated rings. The van der Waals surface area contributed by atoms with Crippen LogP contribution in [0.1, 0.15) is 33.1 Å². The highest BCUT2D eigenvalue weighted by Gasteiger charge is 2.51. The molecule has 2 aliphatic heterocycles. The average Bonchev–Trinajstić information content (AvgIpc) is 2.72. The van der Waals surface area contributed by atoms with Crippen LogP contribution in [0.5, 0.6) is 0 Å². The Morgan fingerprint density at radius 3 is 2.30 bits per heavy atom. The predicted molar refractivity (Wildman–Crippen MR) is 83.2 cm³/mol. The molecule has 0 aromatic carbocycles. The number of rotatable bonds is 4. The molecule has 130 valence electrons. The highest BCUT2D eigenvalue weighted by Crippen LogP contribution is 2.29. The van der Waals surface area contributed by atoms with Gasteiger partial charge in [-0.2, -0.15) is 0 Å². The first-order valence-corrected chi connectivity index (χ1v) is 9.56. The van der Waals surface area contributed by atoms with Gasteiger partial charge in [0.15, 0.2) is 14.6 Å². The standard InChI is InChI=1S/C14H23N3O5S/c1-9(2)17-11(18)8-10(12(17)19)16-13(20)14(23(3,21)22)4-6-15-7-5-14/h9-10,15H,4-8H2,1-3H3,(H,16,20). The Kier molecular flexibility index (Phi) is 4.81. The molecule has 23 heavy (non-hydrogen) atoms. The van der Waals surface area contributed by atoms with E-state index in [2.05, 4.69) is 10.6 Å². The van der Waals surface area contributed by atoms with Crippen molar-refractivity contribution in [3.8, 4) is 0 Å². The number of sulfone groups is 1. The van der Waals surface area contributed by atoms with E-state index in [9.17, 15) is 22.8 Å². The molecule has 0 aromatic heterocycles. The van der Waals surface area contributed by atoms with Crippen molar-refractivity contribution in [3.63, 3.8) is 0 Å². The van der Waals surface area contributed by atoms with Crippen molar-refractivity contribution < 1.29 is 22.8 Å². The summed E-state index contributed by atoms with van der Waals surface area (Å²) in [5, 5.41) is 5.53. The summed E-state index contributed by atoms with van der Waals surface area (Å²) < 4.78 is 22.8. The molecule has 1 atom stereocenters. The zero-order chi connectivity index (χ0) is 17.4. The van der Waals surface area contributed by atoms with Gasteiger partial charge in [0.1, 0.15) is 6.04 Å². The van der Waals surface area contributed by atoms with Gasteiger partial charge in [-0.15, -0.1) is 0 Å². The van der Waals surface area contributed by atoms with Crippen LogP contribution in [0, 0.1) is 0 Å². The molecule has 2 rings (SSSR count). The van der Waals surface area contributed by atoms with E-state index in [4.69, 9.17) is 0 Å². The van der Waals surface area contributed by atoms with E-state index in [1.165, 1.54) is 0 Å². The second kappa shape index (κ2) is 6.20. The van der Waals surface area contributed by atoms with Crippen LogP contribution in [0.15, 0.2) is 0 Å². The smallest absolute Gasteiger partial charge is 0.252 e. The fourth-order valence-corrected chi connectivity index (χ4v) is 4.53. The zero-order valence-electron chi connectivity index (χ0n) is 13.6. The summed E-state index contributed by atoms with van der Waals surface area (Å²) in [6, 6.07) is -1.27. The maximum absolute atomic E-state index is 12.7. The molecule has 0 aromatic rings. The Hall–Kier alpha value is -1.48. The summed E-state index contributed by atoms with van der Waals surface area (Å²) in [6.07, 6.45) is 1.22. The number of carbonyl (C=O) groups excluding carboxylic acids is 3. The molecule has 0 saturated carbocycles. The number of imide groups is 1. The van der Waals surface area contributed by atoms with Crippen molar-refractivity contribution >= 4 is 27.6 Å². The second-order valence-electron chi connectivity index (χ2n) is 6.44. The molecule has 2 aliphatic rings. The minimum atomic E-state index is -3.65. The lowest BCUT2D eigenvalue weighted by Crippen LogP contribution is -2.59. The Morgan fingerprint density at radius 2 is 1.87 bits per heavy atom. The van der Waals surface area contributed by atoms with Gasteiger partial charge in [-0.25, -0.2) is 8.42 Å². The van der Waals surface area contributed by atoms with Gasteiger partial charge in [-0.3, -0.25) is 19.3 Å². The van der Waals surface area contributed by atoms with Crippen molar-refractivity contribution in [2.75, 3.05) is 19.3 Å². The number of carbonyl (C=O) groups is 3. The first kappa shape index (κ1) is 17.9. The summed E-state index contributed by atoms with van der Waals surface area (Å²) in [5.74, 6) is -1.51. The van der Waals surface area contributed by atoms with E-state index in [0.29, 0.717) is 13.1 Å². The fourth-order valence-electron chi connectivity index (χ4n) is 3.19. The topological polar surface area (TPSA) is 113 Å².